The minimum atomic E-state index is -0.750. The Labute approximate surface area is 208 Å². The molecule has 0 radical (unpaired) electrons. The van der Waals surface area contributed by atoms with Crippen LogP contribution in [0.5, 0.6) is 11.5 Å². The molecule has 36 heavy (non-hydrogen) atoms. The molecule has 3 rings (SSSR count). The van der Waals surface area contributed by atoms with Gasteiger partial charge >= 0.3 is 12.0 Å². The third-order valence-electron chi connectivity index (χ3n) is 4.84. The molecule has 0 bridgehead atoms. The van der Waals surface area contributed by atoms with E-state index in [1.165, 1.54) is 6.08 Å². The van der Waals surface area contributed by atoms with Crippen LogP contribution in [0.2, 0.25) is 0 Å². The molecule has 0 aliphatic heterocycles. The number of urea groups is 1. The smallest absolute Gasteiger partial charge is 0.331 e. The molecule has 0 atom stereocenters. The summed E-state index contributed by atoms with van der Waals surface area (Å²) in [5.41, 5.74) is 2.79. The van der Waals surface area contributed by atoms with Crippen molar-refractivity contribution in [1.29, 1.82) is 0 Å². The summed E-state index contributed by atoms with van der Waals surface area (Å²) in [4.78, 5) is 35.6. The summed E-state index contributed by atoms with van der Waals surface area (Å²) in [7, 11) is 3.10. The number of carbonyl (C=O) groups excluding carboxylic acids is 3. The zero-order valence-electron chi connectivity index (χ0n) is 20.5. The normalized spacial score (nSPS) is 10.8. The van der Waals surface area contributed by atoms with E-state index >= 15 is 0 Å². The van der Waals surface area contributed by atoms with E-state index in [4.69, 9.17) is 19.3 Å². The second-order valence-electron chi connectivity index (χ2n) is 7.90. The van der Waals surface area contributed by atoms with Gasteiger partial charge in [-0.05, 0) is 50.3 Å². The molecule has 1 aromatic heterocycles. The highest BCUT2D eigenvalue weighted by Gasteiger charge is 2.15. The van der Waals surface area contributed by atoms with Crippen molar-refractivity contribution < 1.29 is 28.6 Å². The summed E-state index contributed by atoms with van der Waals surface area (Å²) in [6.07, 6.45) is 4.51. The van der Waals surface area contributed by atoms with Crippen LogP contribution in [0.15, 0.2) is 60.8 Å². The number of carbonyl (C=O) groups is 3. The predicted molar refractivity (Wildman–Crippen MR) is 134 cm³/mol. The van der Waals surface area contributed by atoms with Crippen LogP contribution in [0, 0.1) is 0 Å². The second-order valence-corrected chi connectivity index (χ2v) is 7.90. The standard InChI is InChI=1S/C26H28N4O6/c1-17(2)27-26(33)28-23(31)16-36-24(32)13-11-19-15-30(20-8-6-5-7-9-20)29-25(19)18-10-12-21(34-3)22(14-18)35-4/h5-15,17H,16H2,1-4H3,(H2,27,28,31,33)/b13-11+. The van der Waals surface area contributed by atoms with Gasteiger partial charge in [-0.15, -0.1) is 0 Å². The fraction of sp³-hybridized carbons (Fsp3) is 0.231. The van der Waals surface area contributed by atoms with Crippen LogP contribution in [0.4, 0.5) is 4.79 Å². The lowest BCUT2D eigenvalue weighted by Crippen LogP contribution is -2.43. The SMILES string of the molecule is COc1ccc(-c2nn(-c3ccccc3)cc2/C=C/C(=O)OCC(=O)NC(=O)NC(C)C)cc1OC. The topological polar surface area (TPSA) is 121 Å². The van der Waals surface area contributed by atoms with Crippen LogP contribution >= 0.6 is 0 Å². The van der Waals surface area contributed by atoms with Gasteiger partial charge in [0.2, 0.25) is 0 Å². The van der Waals surface area contributed by atoms with Crippen molar-refractivity contribution in [1.82, 2.24) is 20.4 Å². The van der Waals surface area contributed by atoms with E-state index in [0.717, 1.165) is 11.3 Å². The predicted octanol–water partition coefficient (Wildman–Crippen LogP) is 3.35. The van der Waals surface area contributed by atoms with Gasteiger partial charge in [-0.25, -0.2) is 14.3 Å². The Morgan fingerprint density at radius 1 is 1.03 bits per heavy atom. The second kappa shape index (κ2) is 12.2. The number of ether oxygens (including phenoxy) is 3. The lowest BCUT2D eigenvalue weighted by Gasteiger charge is -2.09. The third-order valence-corrected chi connectivity index (χ3v) is 4.84. The summed E-state index contributed by atoms with van der Waals surface area (Å²) >= 11 is 0. The molecule has 188 valence electrons. The molecule has 0 fully saturated rings. The number of imide groups is 1. The number of para-hydroxylation sites is 1. The van der Waals surface area contributed by atoms with Gasteiger partial charge in [-0.1, -0.05) is 18.2 Å². The molecular formula is C26H28N4O6. The number of methoxy groups -OCH3 is 2. The first-order valence-corrected chi connectivity index (χ1v) is 11.1. The van der Waals surface area contributed by atoms with Gasteiger partial charge in [-0.2, -0.15) is 5.10 Å². The van der Waals surface area contributed by atoms with E-state index in [1.54, 1.807) is 57.2 Å². The van der Waals surface area contributed by atoms with Crippen LogP contribution in [-0.4, -0.2) is 54.6 Å². The van der Waals surface area contributed by atoms with Crippen molar-refractivity contribution >= 4 is 24.0 Å². The van der Waals surface area contributed by atoms with Gasteiger partial charge in [-0.3, -0.25) is 10.1 Å². The Hall–Kier alpha value is -4.60. The number of nitrogens with one attached hydrogen (secondary N) is 2. The van der Waals surface area contributed by atoms with E-state index in [1.807, 2.05) is 36.4 Å². The molecule has 0 spiro atoms. The number of benzene rings is 2. The highest BCUT2D eigenvalue weighted by molar-refractivity contribution is 5.96. The van der Waals surface area contributed by atoms with Crippen LogP contribution in [0.3, 0.4) is 0 Å². The average molecular weight is 493 g/mol. The minimum absolute atomic E-state index is 0.139. The van der Waals surface area contributed by atoms with Crippen LogP contribution in [0.25, 0.3) is 23.0 Å². The first-order valence-electron chi connectivity index (χ1n) is 11.1. The van der Waals surface area contributed by atoms with E-state index in [9.17, 15) is 14.4 Å². The molecular weight excluding hydrogens is 464 g/mol. The van der Waals surface area contributed by atoms with E-state index < -0.39 is 24.5 Å². The number of hydrogen-bond acceptors (Lipinski definition) is 7. The number of nitrogens with zero attached hydrogens (tertiary/aromatic N) is 2. The molecule has 3 amide bonds. The Morgan fingerprint density at radius 3 is 2.42 bits per heavy atom. The van der Waals surface area contributed by atoms with Gasteiger partial charge in [0.15, 0.2) is 18.1 Å². The fourth-order valence-electron chi connectivity index (χ4n) is 3.23. The first kappa shape index (κ1) is 26.0. The van der Waals surface area contributed by atoms with Crippen molar-refractivity contribution in [2.24, 2.45) is 0 Å². The number of amides is 3. The Kier molecular flexibility index (Phi) is 8.82. The van der Waals surface area contributed by atoms with Crippen LogP contribution in [0.1, 0.15) is 19.4 Å². The molecule has 10 nitrogen and oxygen atoms in total. The number of hydrogen-bond donors (Lipinski definition) is 2. The maximum atomic E-state index is 12.2. The molecule has 0 aliphatic rings. The summed E-state index contributed by atoms with van der Waals surface area (Å²) in [6.45, 7) is 2.91. The minimum Gasteiger partial charge on any atom is -0.493 e. The highest BCUT2D eigenvalue weighted by Crippen LogP contribution is 2.33. The molecule has 2 N–H and O–H groups in total. The molecule has 0 aliphatic carbocycles. The number of rotatable bonds is 9. The van der Waals surface area contributed by atoms with Gasteiger partial charge < -0.3 is 19.5 Å². The van der Waals surface area contributed by atoms with Gasteiger partial charge in [0, 0.05) is 29.4 Å². The largest absolute Gasteiger partial charge is 0.493 e. The molecule has 1 heterocycles. The number of esters is 1. The van der Waals surface area contributed by atoms with Crippen molar-refractivity contribution in [3.05, 3.63) is 66.4 Å². The van der Waals surface area contributed by atoms with Crippen molar-refractivity contribution in [3.8, 4) is 28.4 Å². The quantitative estimate of drug-likeness (QED) is 0.347. The zero-order valence-corrected chi connectivity index (χ0v) is 20.5. The fourth-order valence-corrected chi connectivity index (χ4v) is 3.23. The molecule has 2 aromatic carbocycles. The highest BCUT2D eigenvalue weighted by atomic mass is 16.5. The molecule has 3 aromatic rings. The Balaban J connectivity index is 1.80. The zero-order chi connectivity index (χ0) is 26.1. The van der Waals surface area contributed by atoms with Crippen LogP contribution in [-0.2, 0) is 14.3 Å². The third kappa shape index (κ3) is 6.95. The Bertz CT molecular complexity index is 1250. The van der Waals surface area contributed by atoms with Gasteiger partial charge in [0.05, 0.1) is 19.9 Å². The van der Waals surface area contributed by atoms with E-state index in [2.05, 4.69) is 10.6 Å². The Morgan fingerprint density at radius 2 is 1.75 bits per heavy atom. The maximum Gasteiger partial charge on any atom is 0.331 e. The van der Waals surface area contributed by atoms with Crippen LogP contribution < -0.4 is 20.1 Å². The van der Waals surface area contributed by atoms with Crippen molar-refractivity contribution in [2.45, 2.75) is 19.9 Å². The first-order chi connectivity index (χ1) is 17.3. The average Bonchev–Trinajstić information content (AvgIpc) is 3.30. The summed E-state index contributed by atoms with van der Waals surface area (Å²) in [5, 5.41) is 9.29. The van der Waals surface area contributed by atoms with E-state index in [0.29, 0.717) is 22.8 Å². The van der Waals surface area contributed by atoms with Gasteiger partial charge in [0.1, 0.15) is 5.69 Å². The molecule has 0 saturated heterocycles. The lowest BCUT2D eigenvalue weighted by molar-refractivity contribution is -0.143. The summed E-state index contributed by atoms with van der Waals surface area (Å²) < 4.78 is 17.4. The lowest BCUT2D eigenvalue weighted by atomic mass is 10.1. The molecule has 0 saturated carbocycles. The van der Waals surface area contributed by atoms with Crippen molar-refractivity contribution in [2.75, 3.05) is 20.8 Å². The molecule has 10 heteroatoms. The summed E-state index contributed by atoms with van der Waals surface area (Å²) in [5.74, 6) is -0.381. The van der Waals surface area contributed by atoms with Crippen molar-refractivity contribution in [3.63, 3.8) is 0 Å². The number of aromatic nitrogens is 2. The van der Waals surface area contributed by atoms with E-state index in [-0.39, 0.29) is 6.04 Å². The maximum absolute atomic E-state index is 12.2. The summed E-state index contributed by atoms with van der Waals surface area (Å²) in [6, 6.07) is 14.1. The van der Waals surface area contributed by atoms with Gasteiger partial charge in [0.25, 0.3) is 5.91 Å². The monoisotopic (exact) mass is 492 g/mol. The molecule has 0 unspecified atom stereocenters.